The molecule has 1 unspecified atom stereocenters. The molecule has 12 heavy (non-hydrogen) atoms. The van der Waals surface area contributed by atoms with E-state index in [0.717, 1.165) is 6.08 Å². The van der Waals surface area contributed by atoms with Gasteiger partial charge in [-0.1, -0.05) is 13.2 Å². The van der Waals surface area contributed by atoms with Gasteiger partial charge in [0.15, 0.2) is 0 Å². The maximum absolute atomic E-state index is 10.8. The molecule has 1 aliphatic rings. The van der Waals surface area contributed by atoms with Gasteiger partial charge in [-0.25, -0.2) is 9.59 Å². The average molecular weight is 168 g/mol. The molecule has 1 rings (SSSR count). The van der Waals surface area contributed by atoms with Crippen molar-refractivity contribution in [1.82, 2.24) is 0 Å². The summed E-state index contributed by atoms with van der Waals surface area (Å²) in [4.78, 5) is 21.5. The zero-order chi connectivity index (χ0) is 9.14. The minimum absolute atomic E-state index is 0.235. The van der Waals surface area contributed by atoms with E-state index in [1.165, 1.54) is 0 Å². The number of hydrogen-bond donors (Lipinski definition) is 0. The Kier molecular flexibility index (Phi) is 2.28. The molecule has 0 amide bonds. The normalized spacial score (nSPS) is 21.8. The Morgan fingerprint density at radius 3 is 2.83 bits per heavy atom. The first kappa shape index (κ1) is 8.52. The van der Waals surface area contributed by atoms with Crippen LogP contribution in [0.3, 0.4) is 0 Å². The zero-order valence-electron chi connectivity index (χ0n) is 6.41. The summed E-state index contributed by atoms with van der Waals surface area (Å²) in [6, 6.07) is 0. The standard InChI is InChI=1S/C8H8O4/c1-3-7(9)12-6-4-5(2)11-8(6)10/h3,6H,1-2,4H2. The van der Waals surface area contributed by atoms with E-state index < -0.39 is 18.0 Å². The van der Waals surface area contributed by atoms with E-state index in [1.807, 2.05) is 0 Å². The Morgan fingerprint density at radius 2 is 2.42 bits per heavy atom. The maximum atomic E-state index is 10.8. The Balaban J connectivity index is 2.54. The zero-order valence-corrected chi connectivity index (χ0v) is 6.41. The second kappa shape index (κ2) is 3.21. The van der Waals surface area contributed by atoms with Crippen LogP contribution in [-0.2, 0) is 19.1 Å². The van der Waals surface area contributed by atoms with Crippen molar-refractivity contribution in [3.8, 4) is 0 Å². The van der Waals surface area contributed by atoms with Gasteiger partial charge in [0, 0.05) is 6.08 Å². The fourth-order valence-corrected chi connectivity index (χ4v) is 0.818. The summed E-state index contributed by atoms with van der Waals surface area (Å²) < 4.78 is 9.23. The Bertz CT molecular complexity index is 254. The molecule has 0 saturated carbocycles. The van der Waals surface area contributed by atoms with E-state index in [2.05, 4.69) is 22.6 Å². The fraction of sp³-hybridized carbons (Fsp3) is 0.250. The second-order valence-electron chi connectivity index (χ2n) is 2.29. The van der Waals surface area contributed by atoms with E-state index in [-0.39, 0.29) is 6.42 Å². The largest absolute Gasteiger partial charge is 0.447 e. The molecule has 0 aromatic heterocycles. The minimum Gasteiger partial charge on any atom is -0.447 e. The van der Waals surface area contributed by atoms with Gasteiger partial charge >= 0.3 is 11.9 Å². The van der Waals surface area contributed by atoms with Gasteiger partial charge in [0.2, 0.25) is 6.10 Å². The summed E-state index contributed by atoms with van der Waals surface area (Å²) in [6.45, 7) is 6.63. The third-order valence-corrected chi connectivity index (χ3v) is 1.35. The quantitative estimate of drug-likeness (QED) is 0.446. The highest BCUT2D eigenvalue weighted by atomic mass is 16.6. The molecule has 1 fully saturated rings. The number of esters is 2. The maximum Gasteiger partial charge on any atom is 0.352 e. The molecule has 0 spiro atoms. The van der Waals surface area contributed by atoms with Crippen molar-refractivity contribution >= 4 is 11.9 Å². The smallest absolute Gasteiger partial charge is 0.352 e. The number of ether oxygens (including phenoxy) is 2. The van der Waals surface area contributed by atoms with Crippen molar-refractivity contribution in [1.29, 1.82) is 0 Å². The van der Waals surface area contributed by atoms with E-state index in [9.17, 15) is 9.59 Å². The Labute approximate surface area is 69.5 Å². The van der Waals surface area contributed by atoms with Gasteiger partial charge in [0.05, 0.1) is 6.42 Å². The van der Waals surface area contributed by atoms with Crippen LogP contribution in [0.5, 0.6) is 0 Å². The predicted molar refractivity (Wildman–Crippen MR) is 39.9 cm³/mol. The highest BCUT2D eigenvalue weighted by Gasteiger charge is 2.32. The molecule has 1 heterocycles. The lowest BCUT2D eigenvalue weighted by molar-refractivity contribution is -0.156. The van der Waals surface area contributed by atoms with Crippen LogP contribution < -0.4 is 0 Å². The third-order valence-electron chi connectivity index (χ3n) is 1.35. The van der Waals surface area contributed by atoms with Crippen LogP contribution in [0.1, 0.15) is 6.42 Å². The summed E-state index contributed by atoms with van der Waals surface area (Å²) in [5.41, 5.74) is 0. The van der Waals surface area contributed by atoms with Crippen molar-refractivity contribution in [2.45, 2.75) is 12.5 Å². The van der Waals surface area contributed by atoms with Gasteiger partial charge in [-0.2, -0.15) is 0 Å². The van der Waals surface area contributed by atoms with Crippen molar-refractivity contribution in [3.05, 3.63) is 25.0 Å². The van der Waals surface area contributed by atoms with Gasteiger partial charge in [-0.15, -0.1) is 0 Å². The molecule has 0 aliphatic carbocycles. The molecule has 1 saturated heterocycles. The van der Waals surface area contributed by atoms with Crippen LogP contribution in [0, 0.1) is 0 Å². The van der Waals surface area contributed by atoms with E-state index in [4.69, 9.17) is 0 Å². The van der Waals surface area contributed by atoms with Crippen LogP contribution in [0.15, 0.2) is 25.0 Å². The molecule has 64 valence electrons. The molecule has 0 radical (unpaired) electrons. The Morgan fingerprint density at radius 1 is 1.75 bits per heavy atom. The first-order chi connectivity index (χ1) is 5.63. The summed E-state index contributed by atoms with van der Waals surface area (Å²) >= 11 is 0. The molecule has 1 atom stereocenters. The van der Waals surface area contributed by atoms with Gasteiger partial charge in [0.25, 0.3) is 0 Å². The molecule has 0 aromatic carbocycles. The highest BCUT2D eigenvalue weighted by Crippen LogP contribution is 2.19. The lowest BCUT2D eigenvalue weighted by atomic mass is 10.3. The SMILES string of the molecule is C=CC(=O)OC1CC(=C)OC1=O. The summed E-state index contributed by atoms with van der Waals surface area (Å²) in [5.74, 6) is -0.885. The van der Waals surface area contributed by atoms with E-state index >= 15 is 0 Å². The van der Waals surface area contributed by atoms with Crippen molar-refractivity contribution < 1.29 is 19.1 Å². The van der Waals surface area contributed by atoms with Gasteiger partial charge in [0.1, 0.15) is 5.76 Å². The summed E-state index contributed by atoms with van der Waals surface area (Å²) in [6.07, 6.45) is 0.384. The van der Waals surface area contributed by atoms with Crippen LogP contribution >= 0.6 is 0 Å². The van der Waals surface area contributed by atoms with Crippen molar-refractivity contribution in [2.75, 3.05) is 0 Å². The van der Waals surface area contributed by atoms with Gasteiger partial charge < -0.3 is 9.47 Å². The first-order valence-corrected chi connectivity index (χ1v) is 3.36. The minimum atomic E-state index is -0.844. The van der Waals surface area contributed by atoms with Crippen LogP contribution in [0.4, 0.5) is 0 Å². The lowest BCUT2D eigenvalue weighted by Gasteiger charge is -2.03. The number of carbonyl (C=O) groups excluding carboxylic acids is 2. The molecule has 4 nitrogen and oxygen atoms in total. The number of rotatable bonds is 2. The van der Waals surface area contributed by atoms with Crippen LogP contribution in [-0.4, -0.2) is 18.0 Å². The first-order valence-electron chi connectivity index (χ1n) is 3.36. The lowest BCUT2D eigenvalue weighted by Crippen LogP contribution is -2.21. The van der Waals surface area contributed by atoms with Crippen molar-refractivity contribution in [3.63, 3.8) is 0 Å². The molecular weight excluding hydrogens is 160 g/mol. The Hall–Kier alpha value is -1.58. The molecule has 4 heteroatoms. The number of cyclic esters (lactones) is 1. The van der Waals surface area contributed by atoms with Crippen LogP contribution in [0.25, 0.3) is 0 Å². The van der Waals surface area contributed by atoms with E-state index in [0.29, 0.717) is 5.76 Å². The van der Waals surface area contributed by atoms with Gasteiger partial charge in [-0.3, -0.25) is 0 Å². The molecule has 1 aliphatic heterocycles. The number of hydrogen-bond acceptors (Lipinski definition) is 4. The molecular formula is C8H8O4. The second-order valence-corrected chi connectivity index (χ2v) is 2.29. The van der Waals surface area contributed by atoms with Gasteiger partial charge in [-0.05, 0) is 0 Å². The topological polar surface area (TPSA) is 52.6 Å². The molecule has 0 bridgehead atoms. The third kappa shape index (κ3) is 1.72. The van der Waals surface area contributed by atoms with Crippen LogP contribution in [0.2, 0.25) is 0 Å². The monoisotopic (exact) mass is 168 g/mol. The fourth-order valence-electron chi connectivity index (χ4n) is 0.818. The molecule has 0 aromatic rings. The average Bonchev–Trinajstić information content (AvgIpc) is 2.30. The summed E-state index contributed by atoms with van der Waals surface area (Å²) in [7, 11) is 0. The number of carbonyl (C=O) groups is 2. The van der Waals surface area contributed by atoms with E-state index in [1.54, 1.807) is 0 Å². The highest BCUT2D eigenvalue weighted by molar-refractivity contribution is 5.86. The molecule has 0 N–H and O–H groups in total. The predicted octanol–water partition coefficient (Wildman–Crippen LogP) is 0.545. The summed E-state index contributed by atoms with van der Waals surface area (Å²) in [5, 5.41) is 0. The van der Waals surface area contributed by atoms with Crippen molar-refractivity contribution in [2.24, 2.45) is 0 Å².